The van der Waals surface area contributed by atoms with Crippen LogP contribution in [0.1, 0.15) is 17.0 Å². The number of halogens is 1. The molecular formula is C14H15FN2OS. The fourth-order valence-corrected chi connectivity index (χ4v) is 2.38. The zero-order valence-electron chi connectivity index (χ0n) is 10.7. The molecule has 0 saturated heterocycles. The van der Waals surface area contributed by atoms with Gasteiger partial charge in [0, 0.05) is 25.0 Å². The number of hydrogen-bond donors (Lipinski definition) is 0. The van der Waals surface area contributed by atoms with E-state index in [-0.39, 0.29) is 11.7 Å². The summed E-state index contributed by atoms with van der Waals surface area (Å²) < 4.78 is 12.7. The van der Waals surface area contributed by atoms with Crippen LogP contribution in [0.4, 0.5) is 4.39 Å². The van der Waals surface area contributed by atoms with Gasteiger partial charge >= 0.3 is 0 Å². The average molecular weight is 278 g/mol. The number of nitrogens with zero attached hydrogens (tertiary/aromatic N) is 2. The second kappa shape index (κ2) is 6.43. The molecule has 0 spiro atoms. The Kier molecular flexibility index (Phi) is 4.63. The molecule has 0 aliphatic heterocycles. The van der Waals surface area contributed by atoms with Gasteiger partial charge in [-0.3, -0.25) is 4.79 Å². The highest BCUT2D eigenvalue weighted by molar-refractivity contribution is 7.09. The summed E-state index contributed by atoms with van der Waals surface area (Å²) in [6.45, 7) is 0.542. The van der Waals surface area contributed by atoms with Gasteiger partial charge < -0.3 is 4.90 Å². The van der Waals surface area contributed by atoms with E-state index in [0.29, 0.717) is 19.4 Å². The van der Waals surface area contributed by atoms with E-state index in [9.17, 15) is 9.18 Å². The Balaban J connectivity index is 1.82. The maximum atomic E-state index is 12.7. The second-order valence-corrected chi connectivity index (χ2v) is 5.28. The van der Waals surface area contributed by atoms with E-state index in [1.54, 1.807) is 30.3 Å². The van der Waals surface area contributed by atoms with E-state index in [4.69, 9.17) is 0 Å². The first-order valence-electron chi connectivity index (χ1n) is 6.02. The second-order valence-electron chi connectivity index (χ2n) is 4.30. The summed E-state index contributed by atoms with van der Waals surface area (Å²) in [6.07, 6.45) is 2.78. The van der Waals surface area contributed by atoms with Crippen molar-refractivity contribution in [2.24, 2.45) is 0 Å². The van der Waals surface area contributed by atoms with Crippen molar-refractivity contribution < 1.29 is 9.18 Å². The average Bonchev–Trinajstić information content (AvgIpc) is 2.90. The molecule has 0 fully saturated rings. The summed E-state index contributed by atoms with van der Waals surface area (Å²) in [5.41, 5.74) is 0.970. The predicted molar refractivity (Wildman–Crippen MR) is 73.3 cm³/mol. The summed E-state index contributed by atoms with van der Waals surface area (Å²) in [7, 11) is 1.77. The molecule has 2 aromatic rings. The lowest BCUT2D eigenvalue weighted by Gasteiger charge is -2.15. The molecule has 0 saturated carbocycles. The fourth-order valence-electron chi connectivity index (χ4n) is 1.72. The van der Waals surface area contributed by atoms with E-state index in [1.165, 1.54) is 23.5 Å². The molecule has 0 aliphatic rings. The Labute approximate surface area is 115 Å². The number of hydrogen-bond acceptors (Lipinski definition) is 3. The van der Waals surface area contributed by atoms with Gasteiger partial charge in [0.25, 0.3) is 0 Å². The van der Waals surface area contributed by atoms with Crippen LogP contribution in [0.5, 0.6) is 0 Å². The van der Waals surface area contributed by atoms with E-state index in [2.05, 4.69) is 4.98 Å². The van der Waals surface area contributed by atoms with Crippen LogP contribution in [-0.2, 0) is 17.8 Å². The third-order valence-corrected chi connectivity index (χ3v) is 3.59. The predicted octanol–water partition coefficient (Wildman–Crippen LogP) is 2.87. The minimum Gasteiger partial charge on any atom is -0.339 e. The smallest absolute Gasteiger partial charge is 0.223 e. The molecule has 0 N–H and O–H groups in total. The van der Waals surface area contributed by atoms with Crippen molar-refractivity contribution in [1.29, 1.82) is 0 Å². The minimum absolute atomic E-state index is 0.0690. The van der Waals surface area contributed by atoms with Crippen molar-refractivity contribution >= 4 is 17.2 Å². The molecule has 0 radical (unpaired) electrons. The number of carbonyl (C=O) groups is 1. The van der Waals surface area contributed by atoms with Gasteiger partial charge in [-0.1, -0.05) is 12.1 Å². The van der Waals surface area contributed by atoms with Gasteiger partial charge in [0.1, 0.15) is 10.8 Å². The molecule has 1 amide bonds. The lowest BCUT2D eigenvalue weighted by atomic mass is 10.1. The van der Waals surface area contributed by atoms with Crippen LogP contribution in [0.15, 0.2) is 35.8 Å². The van der Waals surface area contributed by atoms with Crippen molar-refractivity contribution in [2.75, 3.05) is 7.05 Å². The molecule has 100 valence electrons. The van der Waals surface area contributed by atoms with Crippen molar-refractivity contribution in [3.8, 4) is 0 Å². The first-order chi connectivity index (χ1) is 9.15. The van der Waals surface area contributed by atoms with Crippen LogP contribution in [0.25, 0.3) is 0 Å². The monoisotopic (exact) mass is 278 g/mol. The number of aromatic nitrogens is 1. The van der Waals surface area contributed by atoms with E-state index < -0.39 is 0 Å². The zero-order valence-corrected chi connectivity index (χ0v) is 11.5. The summed E-state index contributed by atoms with van der Waals surface area (Å²) >= 11 is 1.54. The third-order valence-electron chi connectivity index (χ3n) is 2.82. The zero-order chi connectivity index (χ0) is 13.7. The van der Waals surface area contributed by atoms with Gasteiger partial charge in [-0.15, -0.1) is 11.3 Å². The van der Waals surface area contributed by atoms with Crippen LogP contribution in [0.2, 0.25) is 0 Å². The minimum atomic E-state index is -0.254. The molecule has 1 heterocycles. The Morgan fingerprint density at radius 2 is 2.11 bits per heavy atom. The molecule has 0 atom stereocenters. The molecule has 2 rings (SSSR count). The number of rotatable bonds is 5. The lowest BCUT2D eigenvalue weighted by Crippen LogP contribution is -2.26. The molecule has 0 unspecified atom stereocenters. The standard InChI is InChI=1S/C14H15FN2OS/c1-17(10-13-16-8-9-19-13)14(18)7-4-11-2-5-12(15)6-3-11/h2-3,5-6,8-9H,4,7,10H2,1H3. The lowest BCUT2D eigenvalue weighted by molar-refractivity contribution is -0.130. The van der Waals surface area contributed by atoms with Gasteiger partial charge in [0.2, 0.25) is 5.91 Å². The van der Waals surface area contributed by atoms with Crippen molar-refractivity contribution in [3.05, 3.63) is 52.2 Å². The topological polar surface area (TPSA) is 33.2 Å². The molecule has 19 heavy (non-hydrogen) atoms. The van der Waals surface area contributed by atoms with Gasteiger partial charge in [0.15, 0.2) is 0 Å². The van der Waals surface area contributed by atoms with Crippen molar-refractivity contribution in [2.45, 2.75) is 19.4 Å². The summed E-state index contributed by atoms with van der Waals surface area (Å²) in [4.78, 5) is 17.8. The van der Waals surface area contributed by atoms with Crippen LogP contribution in [0, 0.1) is 5.82 Å². The number of amides is 1. The molecule has 3 nitrogen and oxygen atoms in total. The highest BCUT2D eigenvalue weighted by atomic mass is 32.1. The van der Waals surface area contributed by atoms with Gasteiger partial charge in [-0.25, -0.2) is 9.37 Å². The van der Waals surface area contributed by atoms with Gasteiger partial charge in [-0.2, -0.15) is 0 Å². The Bertz CT molecular complexity index is 525. The molecule has 0 aliphatic carbocycles. The largest absolute Gasteiger partial charge is 0.339 e. The number of carbonyl (C=O) groups excluding carboxylic acids is 1. The van der Waals surface area contributed by atoms with Crippen molar-refractivity contribution in [3.63, 3.8) is 0 Å². The normalized spacial score (nSPS) is 10.4. The molecular weight excluding hydrogens is 263 g/mol. The maximum Gasteiger partial charge on any atom is 0.223 e. The highest BCUT2D eigenvalue weighted by Crippen LogP contribution is 2.10. The van der Waals surface area contributed by atoms with Crippen LogP contribution < -0.4 is 0 Å². The maximum absolute atomic E-state index is 12.7. The van der Waals surface area contributed by atoms with E-state index in [0.717, 1.165) is 10.6 Å². The summed E-state index contributed by atoms with van der Waals surface area (Å²) in [6, 6.07) is 6.26. The first kappa shape index (κ1) is 13.7. The van der Waals surface area contributed by atoms with Gasteiger partial charge in [-0.05, 0) is 24.1 Å². The first-order valence-corrected chi connectivity index (χ1v) is 6.90. The Morgan fingerprint density at radius 3 is 2.74 bits per heavy atom. The van der Waals surface area contributed by atoms with E-state index >= 15 is 0 Å². The van der Waals surface area contributed by atoms with Crippen molar-refractivity contribution in [1.82, 2.24) is 9.88 Å². The SMILES string of the molecule is CN(Cc1nccs1)C(=O)CCc1ccc(F)cc1. The Morgan fingerprint density at radius 1 is 1.37 bits per heavy atom. The van der Waals surface area contributed by atoms with E-state index in [1.807, 2.05) is 5.38 Å². The number of aryl methyl sites for hydroxylation is 1. The molecule has 1 aromatic carbocycles. The quantitative estimate of drug-likeness (QED) is 0.842. The number of benzene rings is 1. The van der Waals surface area contributed by atoms with Crippen LogP contribution in [0.3, 0.4) is 0 Å². The van der Waals surface area contributed by atoms with Crippen LogP contribution >= 0.6 is 11.3 Å². The fraction of sp³-hybridized carbons (Fsp3) is 0.286. The van der Waals surface area contributed by atoms with Crippen LogP contribution in [-0.4, -0.2) is 22.8 Å². The third kappa shape index (κ3) is 4.13. The van der Waals surface area contributed by atoms with Gasteiger partial charge in [0.05, 0.1) is 6.54 Å². The number of thiazole rings is 1. The Hall–Kier alpha value is -1.75. The summed E-state index contributed by atoms with van der Waals surface area (Å²) in [5.74, 6) is -0.185. The molecule has 1 aromatic heterocycles. The summed E-state index contributed by atoms with van der Waals surface area (Å²) in [5, 5.41) is 2.82. The molecule has 5 heteroatoms. The molecule has 0 bridgehead atoms. The highest BCUT2D eigenvalue weighted by Gasteiger charge is 2.10.